The number of benzene rings is 1. The van der Waals surface area contributed by atoms with E-state index in [2.05, 4.69) is 12.2 Å². The van der Waals surface area contributed by atoms with Crippen LogP contribution >= 0.6 is 0 Å². The number of hydrogen-bond donors (Lipinski definition) is 1. The van der Waals surface area contributed by atoms with Crippen LogP contribution in [0.4, 0.5) is 0 Å². The first kappa shape index (κ1) is 15.5. The van der Waals surface area contributed by atoms with E-state index >= 15 is 0 Å². The molecule has 0 aromatic heterocycles. The van der Waals surface area contributed by atoms with Crippen LogP contribution in [0.25, 0.3) is 0 Å². The van der Waals surface area contributed by atoms with Gasteiger partial charge in [0, 0.05) is 19.6 Å². The predicted octanol–water partition coefficient (Wildman–Crippen LogP) is 2.28. The van der Waals surface area contributed by atoms with E-state index in [1.165, 1.54) is 4.31 Å². The van der Waals surface area contributed by atoms with Gasteiger partial charge in [-0.2, -0.15) is 4.31 Å². The Morgan fingerprint density at radius 1 is 1.35 bits per heavy atom. The normalized spacial score (nSPS) is 15.8. The second-order valence-corrected chi connectivity index (χ2v) is 7.44. The van der Waals surface area contributed by atoms with E-state index in [9.17, 15) is 8.42 Å². The van der Waals surface area contributed by atoms with Crippen LogP contribution in [0, 0.1) is 6.92 Å². The highest BCUT2D eigenvalue weighted by Crippen LogP contribution is 2.31. The second-order valence-electron chi connectivity index (χ2n) is 5.47. The van der Waals surface area contributed by atoms with Crippen LogP contribution in [-0.4, -0.2) is 32.4 Å². The lowest BCUT2D eigenvalue weighted by Gasteiger charge is -2.19. The zero-order chi connectivity index (χ0) is 14.8. The van der Waals surface area contributed by atoms with E-state index in [0.717, 1.165) is 43.5 Å². The summed E-state index contributed by atoms with van der Waals surface area (Å²) in [5, 5.41) is 3.33. The van der Waals surface area contributed by atoms with E-state index in [0.29, 0.717) is 4.90 Å². The third-order valence-corrected chi connectivity index (χ3v) is 5.91. The molecule has 0 bridgehead atoms. The molecule has 1 saturated carbocycles. The molecular weight excluding hydrogens is 272 g/mol. The molecule has 20 heavy (non-hydrogen) atoms. The van der Waals surface area contributed by atoms with E-state index in [4.69, 9.17) is 0 Å². The van der Waals surface area contributed by atoms with Gasteiger partial charge in [0.05, 0.1) is 4.90 Å². The lowest BCUT2D eigenvalue weighted by Crippen LogP contribution is -2.29. The molecule has 1 fully saturated rings. The van der Waals surface area contributed by atoms with E-state index < -0.39 is 10.0 Å². The summed E-state index contributed by atoms with van der Waals surface area (Å²) in [5.41, 5.74) is 1.92. The predicted molar refractivity (Wildman–Crippen MR) is 81.1 cm³/mol. The Bertz CT molecular complexity index is 565. The topological polar surface area (TPSA) is 49.4 Å². The van der Waals surface area contributed by atoms with Gasteiger partial charge in [-0.15, -0.1) is 0 Å². The Labute approximate surface area is 122 Å². The SMILES string of the molecule is CCCNCc1cccc(S(=O)(=O)N(C)C2CC2)c1C. The Kier molecular flexibility index (Phi) is 4.83. The molecular formula is C15H24N2O2S. The van der Waals surface area contributed by atoms with Gasteiger partial charge in [-0.25, -0.2) is 8.42 Å². The molecule has 0 atom stereocenters. The highest BCUT2D eigenvalue weighted by molar-refractivity contribution is 7.89. The Hall–Kier alpha value is -0.910. The molecule has 4 nitrogen and oxygen atoms in total. The fraction of sp³-hybridized carbons (Fsp3) is 0.600. The average Bonchev–Trinajstić information content (AvgIpc) is 3.24. The van der Waals surface area contributed by atoms with Crippen LogP contribution < -0.4 is 5.32 Å². The number of rotatable bonds is 7. The van der Waals surface area contributed by atoms with Crippen molar-refractivity contribution in [2.45, 2.75) is 50.6 Å². The number of nitrogens with zero attached hydrogens (tertiary/aromatic N) is 1. The first-order valence-electron chi connectivity index (χ1n) is 7.25. The summed E-state index contributed by atoms with van der Waals surface area (Å²) in [6.45, 7) is 5.68. The highest BCUT2D eigenvalue weighted by atomic mass is 32.2. The summed E-state index contributed by atoms with van der Waals surface area (Å²) in [6.07, 6.45) is 3.03. The summed E-state index contributed by atoms with van der Waals surface area (Å²) in [4.78, 5) is 0.447. The van der Waals surface area contributed by atoms with Crippen molar-refractivity contribution < 1.29 is 8.42 Å². The first-order chi connectivity index (χ1) is 9.48. The van der Waals surface area contributed by atoms with E-state index in [1.54, 1.807) is 13.1 Å². The highest BCUT2D eigenvalue weighted by Gasteiger charge is 2.35. The van der Waals surface area contributed by atoms with Crippen LogP contribution in [0.2, 0.25) is 0 Å². The largest absolute Gasteiger partial charge is 0.313 e. The Morgan fingerprint density at radius 2 is 2.05 bits per heavy atom. The number of nitrogens with one attached hydrogen (secondary N) is 1. The zero-order valence-electron chi connectivity index (χ0n) is 12.5. The lowest BCUT2D eigenvalue weighted by atomic mass is 10.1. The summed E-state index contributed by atoms with van der Waals surface area (Å²) in [7, 11) is -1.67. The first-order valence-corrected chi connectivity index (χ1v) is 8.69. The molecule has 0 saturated heterocycles. The smallest absolute Gasteiger partial charge is 0.243 e. The molecule has 0 unspecified atom stereocenters. The third kappa shape index (κ3) is 3.22. The molecule has 1 aromatic carbocycles. The van der Waals surface area contributed by atoms with Crippen LogP contribution in [0.1, 0.15) is 37.3 Å². The van der Waals surface area contributed by atoms with Crippen molar-refractivity contribution in [3.8, 4) is 0 Å². The van der Waals surface area contributed by atoms with E-state index in [1.807, 2.05) is 19.1 Å². The van der Waals surface area contributed by atoms with Crippen molar-refractivity contribution >= 4 is 10.0 Å². The van der Waals surface area contributed by atoms with Crippen LogP contribution in [0.3, 0.4) is 0 Å². The quantitative estimate of drug-likeness (QED) is 0.785. The molecule has 0 spiro atoms. The van der Waals surface area contributed by atoms with Gasteiger partial charge >= 0.3 is 0 Å². The van der Waals surface area contributed by atoms with Gasteiger partial charge in [-0.1, -0.05) is 19.1 Å². The van der Waals surface area contributed by atoms with Gasteiger partial charge < -0.3 is 5.32 Å². The monoisotopic (exact) mass is 296 g/mol. The minimum Gasteiger partial charge on any atom is -0.313 e. The summed E-state index contributed by atoms with van der Waals surface area (Å²) in [6, 6.07) is 5.74. The van der Waals surface area contributed by atoms with Crippen molar-refractivity contribution in [1.29, 1.82) is 0 Å². The zero-order valence-corrected chi connectivity index (χ0v) is 13.3. The summed E-state index contributed by atoms with van der Waals surface area (Å²) >= 11 is 0. The Morgan fingerprint density at radius 3 is 2.65 bits per heavy atom. The van der Waals surface area contributed by atoms with Crippen molar-refractivity contribution in [1.82, 2.24) is 9.62 Å². The van der Waals surface area contributed by atoms with Gasteiger partial charge in [-0.05, 0) is 49.9 Å². The standard InChI is InChI=1S/C15H24N2O2S/c1-4-10-16-11-13-6-5-7-15(12(13)2)20(18,19)17(3)14-8-9-14/h5-7,14,16H,4,8-11H2,1-3H3. The molecule has 112 valence electrons. The maximum atomic E-state index is 12.6. The second kappa shape index (κ2) is 6.24. The lowest BCUT2D eigenvalue weighted by molar-refractivity contribution is 0.463. The summed E-state index contributed by atoms with van der Waals surface area (Å²) in [5.74, 6) is 0. The number of hydrogen-bond acceptors (Lipinski definition) is 3. The Balaban J connectivity index is 2.25. The minimum absolute atomic E-state index is 0.196. The van der Waals surface area contributed by atoms with Gasteiger partial charge in [0.15, 0.2) is 0 Å². The molecule has 2 rings (SSSR count). The molecule has 0 radical (unpaired) electrons. The molecule has 1 N–H and O–H groups in total. The van der Waals surface area contributed by atoms with Crippen LogP contribution in [0.5, 0.6) is 0 Å². The van der Waals surface area contributed by atoms with Crippen molar-refractivity contribution in [2.24, 2.45) is 0 Å². The summed E-state index contributed by atoms with van der Waals surface area (Å²) < 4.78 is 26.8. The average molecular weight is 296 g/mol. The minimum atomic E-state index is -3.35. The maximum absolute atomic E-state index is 12.6. The molecule has 0 heterocycles. The van der Waals surface area contributed by atoms with Crippen molar-refractivity contribution in [3.63, 3.8) is 0 Å². The molecule has 1 aliphatic carbocycles. The van der Waals surface area contributed by atoms with Gasteiger partial charge in [-0.3, -0.25) is 0 Å². The third-order valence-electron chi connectivity index (χ3n) is 3.86. The van der Waals surface area contributed by atoms with E-state index in [-0.39, 0.29) is 6.04 Å². The van der Waals surface area contributed by atoms with Gasteiger partial charge in [0.2, 0.25) is 10.0 Å². The van der Waals surface area contributed by atoms with Crippen LogP contribution in [-0.2, 0) is 16.6 Å². The fourth-order valence-electron chi connectivity index (χ4n) is 2.32. The molecule has 5 heteroatoms. The maximum Gasteiger partial charge on any atom is 0.243 e. The van der Waals surface area contributed by atoms with Crippen molar-refractivity contribution in [2.75, 3.05) is 13.6 Å². The molecule has 0 amide bonds. The fourth-order valence-corrected chi connectivity index (χ4v) is 4.00. The van der Waals surface area contributed by atoms with Crippen molar-refractivity contribution in [3.05, 3.63) is 29.3 Å². The van der Waals surface area contributed by atoms with Crippen LogP contribution in [0.15, 0.2) is 23.1 Å². The molecule has 1 aliphatic rings. The molecule has 1 aromatic rings. The molecule has 0 aliphatic heterocycles. The van der Waals surface area contributed by atoms with Gasteiger partial charge in [0.1, 0.15) is 0 Å². The number of sulfonamides is 1. The van der Waals surface area contributed by atoms with Gasteiger partial charge in [0.25, 0.3) is 0 Å².